The van der Waals surface area contributed by atoms with Crippen LogP contribution in [0, 0.1) is 11.3 Å². The Hall–Kier alpha value is -3.43. The largest absolute Gasteiger partial charge is 0.870 e. The molecular weight excluding hydrogens is 304 g/mol. The molecule has 0 unspecified atom stereocenters. The van der Waals surface area contributed by atoms with E-state index in [0.29, 0.717) is 16.8 Å². The van der Waals surface area contributed by atoms with E-state index in [0.717, 1.165) is 16.3 Å². The zero-order valence-corrected chi connectivity index (χ0v) is 12.9. The highest BCUT2D eigenvalue weighted by Crippen LogP contribution is 2.19. The molecule has 0 aliphatic rings. The fourth-order valence-corrected chi connectivity index (χ4v) is 2.92. The smallest absolute Gasteiger partial charge is 0.344 e. The number of pyridine rings is 1. The first-order chi connectivity index (χ1) is 11.2. The molecule has 0 saturated carbocycles. The monoisotopic (exact) mass is 318 g/mol. The minimum Gasteiger partial charge on any atom is -0.870 e. The van der Waals surface area contributed by atoms with E-state index in [2.05, 4.69) is 11.2 Å². The van der Waals surface area contributed by atoms with Crippen molar-refractivity contribution in [2.75, 3.05) is 0 Å². The number of hydrogen-bond donors (Lipinski definition) is 1. The van der Waals surface area contributed by atoms with E-state index in [4.69, 9.17) is 5.26 Å². The quantitative estimate of drug-likeness (QED) is 0.544. The molecule has 118 valence electrons. The average Bonchev–Trinajstić information content (AvgIpc) is 2.93. The number of aromatic amines is 1. The van der Waals surface area contributed by atoms with Crippen molar-refractivity contribution in [3.05, 3.63) is 70.6 Å². The standard InChI is InChI=1S/C18H12N4O.H2O/c1-21-11-13-4-2-3-5-15(13)16-17(21)18(23)22(20-16)14-8-6-12(10-19)7-9-14;/h2-9,11H,1H3;1H2. The van der Waals surface area contributed by atoms with Crippen molar-refractivity contribution in [2.24, 2.45) is 7.05 Å². The van der Waals surface area contributed by atoms with Gasteiger partial charge in [-0.1, -0.05) is 18.2 Å². The number of nitrogens with one attached hydrogen (secondary N) is 1. The van der Waals surface area contributed by atoms with Crippen LogP contribution in [0.5, 0.6) is 0 Å². The van der Waals surface area contributed by atoms with Crippen molar-refractivity contribution >= 4 is 21.8 Å². The summed E-state index contributed by atoms with van der Waals surface area (Å²) in [5, 5.41) is 14.2. The predicted octanol–water partition coefficient (Wildman–Crippen LogP) is 1.99. The van der Waals surface area contributed by atoms with Gasteiger partial charge in [0.2, 0.25) is 0 Å². The third-order valence-electron chi connectivity index (χ3n) is 4.04. The molecule has 0 aliphatic heterocycles. The summed E-state index contributed by atoms with van der Waals surface area (Å²) in [4.78, 5) is 12.8. The molecule has 0 atom stereocenters. The van der Waals surface area contributed by atoms with Gasteiger partial charge >= 0.3 is 5.56 Å². The zero-order valence-electron chi connectivity index (χ0n) is 12.9. The Morgan fingerprint density at radius 3 is 2.54 bits per heavy atom. The molecular formula is C18H14N4O2. The molecule has 0 bridgehead atoms. The summed E-state index contributed by atoms with van der Waals surface area (Å²) in [5.41, 5.74) is 2.58. The normalized spacial score (nSPS) is 10.5. The Kier molecular flexibility index (Phi) is 3.64. The van der Waals surface area contributed by atoms with E-state index < -0.39 is 0 Å². The molecule has 0 spiro atoms. The molecule has 0 radical (unpaired) electrons. The van der Waals surface area contributed by atoms with Gasteiger partial charge in [-0.15, -0.1) is 0 Å². The first kappa shape index (κ1) is 15.5. The lowest BCUT2D eigenvalue weighted by Crippen LogP contribution is -2.33. The number of hydrogen-bond acceptors (Lipinski definition) is 3. The van der Waals surface area contributed by atoms with Crippen molar-refractivity contribution in [3.8, 4) is 11.8 Å². The SMILES string of the molecule is C[n+]1cc2ccccc2c2[nH]n(-c3ccc(C#N)cc3)c(=O)c21.[OH-]. The molecule has 0 amide bonds. The van der Waals surface area contributed by atoms with Gasteiger partial charge in [0, 0.05) is 10.8 Å². The number of benzene rings is 2. The van der Waals surface area contributed by atoms with Crippen LogP contribution in [0.25, 0.3) is 27.5 Å². The van der Waals surface area contributed by atoms with Crippen LogP contribution in [-0.2, 0) is 7.05 Å². The van der Waals surface area contributed by atoms with Gasteiger partial charge < -0.3 is 5.48 Å². The van der Waals surface area contributed by atoms with Gasteiger partial charge in [-0.2, -0.15) is 9.83 Å². The Morgan fingerprint density at radius 1 is 1.12 bits per heavy atom. The molecule has 24 heavy (non-hydrogen) atoms. The first-order valence-corrected chi connectivity index (χ1v) is 7.21. The van der Waals surface area contributed by atoms with Crippen molar-refractivity contribution in [1.29, 1.82) is 5.26 Å². The second kappa shape index (κ2) is 5.65. The summed E-state index contributed by atoms with van der Waals surface area (Å²) in [7, 11) is 1.87. The maximum atomic E-state index is 12.8. The Balaban J connectivity index is 0.00000169. The molecule has 6 nitrogen and oxygen atoms in total. The van der Waals surface area contributed by atoms with Crippen LogP contribution >= 0.6 is 0 Å². The van der Waals surface area contributed by atoms with Gasteiger partial charge in [0.15, 0.2) is 6.20 Å². The van der Waals surface area contributed by atoms with Gasteiger partial charge in [0.25, 0.3) is 5.52 Å². The lowest BCUT2D eigenvalue weighted by Gasteiger charge is -2.00. The zero-order chi connectivity index (χ0) is 16.0. The first-order valence-electron chi connectivity index (χ1n) is 7.21. The fraction of sp³-hybridized carbons (Fsp3) is 0.0556. The second-order valence-corrected chi connectivity index (χ2v) is 5.46. The number of fused-ring (bicyclic) bond motifs is 3. The summed E-state index contributed by atoms with van der Waals surface area (Å²) in [6, 6.07) is 17.0. The minimum absolute atomic E-state index is 0. The highest BCUT2D eigenvalue weighted by molar-refractivity contribution is 6.01. The topological polar surface area (TPSA) is 95.5 Å². The minimum atomic E-state index is -0.113. The maximum absolute atomic E-state index is 12.8. The number of aryl methyl sites for hydroxylation is 1. The fourth-order valence-electron chi connectivity index (χ4n) is 2.92. The van der Waals surface area contributed by atoms with Crippen LogP contribution in [0.15, 0.2) is 59.5 Å². The van der Waals surface area contributed by atoms with Crippen molar-refractivity contribution in [3.63, 3.8) is 0 Å². The van der Waals surface area contributed by atoms with Gasteiger partial charge in [-0.05, 0) is 30.3 Å². The molecule has 2 N–H and O–H groups in total. The summed E-state index contributed by atoms with van der Waals surface area (Å²) >= 11 is 0. The highest BCUT2D eigenvalue weighted by atomic mass is 16.1. The van der Waals surface area contributed by atoms with Gasteiger partial charge in [-0.3, -0.25) is 9.89 Å². The van der Waals surface area contributed by atoms with E-state index in [9.17, 15) is 4.79 Å². The van der Waals surface area contributed by atoms with Gasteiger partial charge in [0.1, 0.15) is 12.6 Å². The maximum Gasteiger partial charge on any atom is 0.344 e. The van der Waals surface area contributed by atoms with Gasteiger partial charge in [-0.25, -0.2) is 4.68 Å². The van der Waals surface area contributed by atoms with Crippen molar-refractivity contribution < 1.29 is 10.0 Å². The lowest BCUT2D eigenvalue weighted by atomic mass is 10.1. The van der Waals surface area contributed by atoms with E-state index in [-0.39, 0.29) is 11.0 Å². The summed E-state index contributed by atoms with van der Waals surface area (Å²) < 4.78 is 3.36. The molecule has 0 aliphatic carbocycles. The van der Waals surface area contributed by atoms with E-state index in [1.54, 1.807) is 24.3 Å². The van der Waals surface area contributed by atoms with E-state index >= 15 is 0 Å². The van der Waals surface area contributed by atoms with Crippen molar-refractivity contribution in [1.82, 2.24) is 9.78 Å². The molecule has 4 aromatic rings. The summed E-state index contributed by atoms with van der Waals surface area (Å²) in [6.45, 7) is 0. The number of rotatable bonds is 1. The van der Waals surface area contributed by atoms with E-state index in [1.807, 2.05) is 42.1 Å². The van der Waals surface area contributed by atoms with Crippen LogP contribution < -0.4 is 10.1 Å². The number of H-pyrrole nitrogens is 1. The molecule has 2 heterocycles. The summed E-state index contributed by atoms with van der Waals surface area (Å²) in [5.74, 6) is 0. The number of aromatic nitrogens is 3. The lowest BCUT2D eigenvalue weighted by molar-refractivity contribution is -0.644. The summed E-state index contributed by atoms with van der Waals surface area (Å²) in [6.07, 6.45) is 1.95. The third-order valence-corrected chi connectivity index (χ3v) is 4.04. The molecule has 2 aromatic heterocycles. The van der Waals surface area contributed by atoms with Gasteiger partial charge in [0.05, 0.1) is 17.3 Å². The third kappa shape index (κ3) is 2.16. The molecule has 6 heteroatoms. The Morgan fingerprint density at radius 2 is 1.83 bits per heavy atom. The molecule has 2 aromatic carbocycles. The number of nitrogens with zero attached hydrogens (tertiary/aromatic N) is 3. The van der Waals surface area contributed by atoms with Crippen molar-refractivity contribution in [2.45, 2.75) is 0 Å². The van der Waals surface area contributed by atoms with Crippen LogP contribution in [0.3, 0.4) is 0 Å². The Labute approximate surface area is 137 Å². The molecule has 4 rings (SSSR count). The van der Waals surface area contributed by atoms with Crippen LogP contribution in [-0.4, -0.2) is 15.3 Å². The predicted molar refractivity (Wildman–Crippen MR) is 89.2 cm³/mol. The van der Waals surface area contributed by atoms with Crippen LogP contribution in [0.1, 0.15) is 5.56 Å². The van der Waals surface area contributed by atoms with Crippen LogP contribution in [0.2, 0.25) is 0 Å². The second-order valence-electron chi connectivity index (χ2n) is 5.46. The molecule has 0 saturated heterocycles. The average molecular weight is 318 g/mol. The van der Waals surface area contributed by atoms with E-state index in [1.165, 1.54) is 4.68 Å². The number of nitriles is 1. The highest BCUT2D eigenvalue weighted by Gasteiger charge is 2.19. The molecule has 0 fully saturated rings. The Bertz CT molecular complexity index is 1150. The van der Waals surface area contributed by atoms with Crippen LogP contribution in [0.4, 0.5) is 0 Å².